The minimum Gasteiger partial charge on any atom is -0.507 e. The van der Waals surface area contributed by atoms with E-state index in [1.54, 1.807) is 6.92 Å². The van der Waals surface area contributed by atoms with Crippen molar-refractivity contribution in [3.63, 3.8) is 0 Å². The average molecular weight is 273 g/mol. The van der Waals surface area contributed by atoms with Crippen LogP contribution in [0.1, 0.15) is 22.5 Å². The summed E-state index contributed by atoms with van der Waals surface area (Å²) in [4.78, 5) is 16.6. The molecule has 0 aliphatic carbocycles. The zero-order valence-electron chi connectivity index (χ0n) is 11.3. The molecular weight excluding hydrogens is 258 g/mol. The van der Waals surface area contributed by atoms with Crippen LogP contribution in [-0.4, -0.2) is 11.3 Å². The number of aryl methyl sites for hydroxylation is 2. The van der Waals surface area contributed by atoms with Crippen molar-refractivity contribution in [3.8, 4) is 5.75 Å². The van der Waals surface area contributed by atoms with Crippen LogP contribution in [0.5, 0.6) is 5.75 Å². The Hall–Kier alpha value is -2.56. The van der Waals surface area contributed by atoms with Gasteiger partial charge in [-0.1, -0.05) is 35.0 Å². The summed E-state index contributed by atoms with van der Waals surface area (Å²) in [6.07, 6.45) is 1.15. The van der Waals surface area contributed by atoms with Crippen molar-refractivity contribution in [3.05, 3.63) is 63.2 Å². The predicted molar refractivity (Wildman–Crippen MR) is 74.9 cm³/mol. The maximum Gasteiger partial charge on any atom is 0.348 e. The molecule has 0 aliphatic rings. The van der Waals surface area contributed by atoms with Crippen molar-refractivity contribution >= 4 is 6.21 Å². The minimum atomic E-state index is -0.648. The van der Waals surface area contributed by atoms with E-state index < -0.39 is 5.63 Å². The molecule has 0 amide bonds. The fourth-order valence-corrected chi connectivity index (χ4v) is 1.61. The summed E-state index contributed by atoms with van der Waals surface area (Å²) >= 11 is 0. The van der Waals surface area contributed by atoms with Crippen LogP contribution in [-0.2, 0) is 11.4 Å². The van der Waals surface area contributed by atoms with Gasteiger partial charge in [0.2, 0.25) is 0 Å². The van der Waals surface area contributed by atoms with Gasteiger partial charge in [0, 0.05) is 6.07 Å². The van der Waals surface area contributed by atoms with Crippen molar-refractivity contribution in [2.45, 2.75) is 20.5 Å². The lowest BCUT2D eigenvalue weighted by atomic mass is 10.2. The fourth-order valence-electron chi connectivity index (χ4n) is 1.61. The fraction of sp³-hybridized carbons (Fsp3) is 0.200. The number of nitrogens with zero attached hydrogens (tertiary/aromatic N) is 1. The third-order valence-corrected chi connectivity index (χ3v) is 2.70. The van der Waals surface area contributed by atoms with E-state index in [0.717, 1.165) is 11.8 Å². The SMILES string of the molecule is Cc1ccc(CO/N=C\c2c(O)cc(C)oc2=O)cc1. The second kappa shape index (κ2) is 6.06. The molecule has 0 saturated carbocycles. The van der Waals surface area contributed by atoms with Crippen molar-refractivity contribution in [2.24, 2.45) is 5.16 Å². The zero-order chi connectivity index (χ0) is 14.5. The van der Waals surface area contributed by atoms with E-state index in [0.29, 0.717) is 5.76 Å². The van der Waals surface area contributed by atoms with E-state index >= 15 is 0 Å². The summed E-state index contributed by atoms with van der Waals surface area (Å²) in [5.74, 6) is 0.159. The second-order valence-electron chi connectivity index (χ2n) is 4.44. The Balaban J connectivity index is 2.01. The minimum absolute atomic E-state index is 0.0282. The summed E-state index contributed by atoms with van der Waals surface area (Å²) in [7, 11) is 0. The Labute approximate surface area is 116 Å². The molecule has 1 aromatic carbocycles. The molecule has 0 saturated heterocycles. The summed E-state index contributed by atoms with van der Waals surface area (Å²) in [5.41, 5.74) is 1.46. The molecule has 2 aromatic rings. The molecule has 0 bridgehead atoms. The first-order valence-corrected chi connectivity index (χ1v) is 6.11. The lowest BCUT2D eigenvalue weighted by molar-refractivity contribution is 0.132. The Bertz CT molecular complexity index is 671. The first-order chi connectivity index (χ1) is 9.56. The first-order valence-electron chi connectivity index (χ1n) is 6.11. The highest BCUT2D eigenvalue weighted by atomic mass is 16.6. The highest BCUT2D eigenvalue weighted by Gasteiger charge is 2.06. The number of hydrogen-bond acceptors (Lipinski definition) is 5. The van der Waals surface area contributed by atoms with Gasteiger partial charge in [0.1, 0.15) is 23.7 Å². The molecule has 0 spiro atoms. The van der Waals surface area contributed by atoms with Crippen LogP contribution in [0, 0.1) is 13.8 Å². The standard InChI is InChI=1S/C15H15NO4/c1-10-3-5-12(6-4-10)9-19-16-8-13-14(17)7-11(2)20-15(13)18/h3-8,17H,9H2,1-2H3/b16-8-. The zero-order valence-corrected chi connectivity index (χ0v) is 11.3. The van der Waals surface area contributed by atoms with Crippen molar-refractivity contribution in [2.75, 3.05) is 0 Å². The lowest BCUT2D eigenvalue weighted by Crippen LogP contribution is -2.07. The molecule has 0 radical (unpaired) electrons. The van der Waals surface area contributed by atoms with Gasteiger partial charge < -0.3 is 14.4 Å². The second-order valence-corrected chi connectivity index (χ2v) is 4.44. The molecule has 0 unspecified atom stereocenters. The van der Waals surface area contributed by atoms with E-state index in [1.165, 1.54) is 11.6 Å². The molecule has 1 heterocycles. The van der Waals surface area contributed by atoms with Crippen molar-refractivity contribution in [1.82, 2.24) is 0 Å². The van der Waals surface area contributed by atoms with Gasteiger partial charge in [-0.3, -0.25) is 0 Å². The van der Waals surface area contributed by atoms with Crippen LogP contribution in [0.2, 0.25) is 0 Å². The van der Waals surface area contributed by atoms with Crippen LogP contribution in [0.25, 0.3) is 0 Å². The molecule has 104 valence electrons. The third-order valence-electron chi connectivity index (χ3n) is 2.70. The van der Waals surface area contributed by atoms with E-state index in [1.807, 2.05) is 31.2 Å². The molecule has 5 nitrogen and oxygen atoms in total. The maximum atomic E-state index is 11.5. The highest BCUT2D eigenvalue weighted by molar-refractivity contribution is 5.82. The molecule has 0 atom stereocenters. The first kappa shape index (κ1) is 13.9. The van der Waals surface area contributed by atoms with Crippen molar-refractivity contribution in [1.29, 1.82) is 0 Å². The van der Waals surface area contributed by atoms with Crippen LogP contribution >= 0.6 is 0 Å². The average Bonchev–Trinajstić information content (AvgIpc) is 2.39. The van der Waals surface area contributed by atoms with Crippen LogP contribution < -0.4 is 5.63 Å². The normalized spacial score (nSPS) is 10.9. The Morgan fingerprint density at radius 1 is 1.30 bits per heavy atom. The van der Waals surface area contributed by atoms with Gasteiger partial charge in [-0.25, -0.2) is 4.79 Å². The Kier molecular flexibility index (Phi) is 4.20. The molecule has 0 fully saturated rings. The quantitative estimate of drug-likeness (QED) is 0.686. The van der Waals surface area contributed by atoms with Gasteiger partial charge >= 0.3 is 5.63 Å². The molecule has 20 heavy (non-hydrogen) atoms. The van der Waals surface area contributed by atoms with Crippen LogP contribution in [0.15, 0.2) is 44.7 Å². The van der Waals surface area contributed by atoms with Crippen molar-refractivity contribution < 1.29 is 14.4 Å². The van der Waals surface area contributed by atoms with E-state index in [4.69, 9.17) is 9.25 Å². The Morgan fingerprint density at radius 2 is 2.00 bits per heavy atom. The largest absolute Gasteiger partial charge is 0.507 e. The van der Waals surface area contributed by atoms with Gasteiger partial charge in [-0.2, -0.15) is 0 Å². The molecular formula is C15H15NO4. The smallest absolute Gasteiger partial charge is 0.348 e. The summed E-state index contributed by atoms with van der Waals surface area (Å²) in [5, 5.41) is 13.3. The van der Waals surface area contributed by atoms with Gasteiger partial charge in [0.05, 0.1) is 6.21 Å². The number of oxime groups is 1. The van der Waals surface area contributed by atoms with E-state index in [-0.39, 0.29) is 17.9 Å². The number of benzene rings is 1. The molecule has 5 heteroatoms. The summed E-state index contributed by atoms with van der Waals surface area (Å²) < 4.78 is 4.86. The highest BCUT2D eigenvalue weighted by Crippen LogP contribution is 2.12. The number of rotatable bonds is 4. The van der Waals surface area contributed by atoms with Gasteiger partial charge in [-0.05, 0) is 19.4 Å². The lowest BCUT2D eigenvalue weighted by Gasteiger charge is -2.01. The van der Waals surface area contributed by atoms with Gasteiger partial charge in [0.15, 0.2) is 0 Å². The Morgan fingerprint density at radius 3 is 2.65 bits per heavy atom. The molecule has 1 N–H and O–H groups in total. The van der Waals surface area contributed by atoms with E-state index in [2.05, 4.69) is 5.16 Å². The third kappa shape index (κ3) is 3.47. The molecule has 2 rings (SSSR count). The number of hydrogen-bond donors (Lipinski definition) is 1. The topological polar surface area (TPSA) is 72.0 Å². The summed E-state index contributed by atoms with van der Waals surface area (Å²) in [6.45, 7) is 3.87. The number of aromatic hydroxyl groups is 1. The molecule has 0 aliphatic heterocycles. The maximum absolute atomic E-state index is 11.5. The van der Waals surface area contributed by atoms with Gasteiger partial charge in [-0.15, -0.1) is 0 Å². The van der Waals surface area contributed by atoms with Crippen LogP contribution in [0.4, 0.5) is 0 Å². The monoisotopic (exact) mass is 273 g/mol. The van der Waals surface area contributed by atoms with Crippen LogP contribution in [0.3, 0.4) is 0 Å². The van der Waals surface area contributed by atoms with Gasteiger partial charge in [0.25, 0.3) is 0 Å². The van der Waals surface area contributed by atoms with E-state index in [9.17, 15) is 9.90 Å². The summed E-state index contributed by atoms with van der Waals surface area (Å²) in [6, 6.07) is 9.17. The molecule has 1 aromatic heterocycles. The predicted octanol–water partition coefficient (Wildman–Crippen LogP) is 2.51.